The van der Waals surface area contributed by atoms with E-state index in [4.69, 9.17) is 33.7 Å². The molecule has 2 heterocycles. The molecule has 6 atom stereocenters. The van der Waals surface area contributed by atoms with Crippen LogP contribution in [0.3, 0.4) is 0 Å². The Bertz CT molecular complexity index is 1150. The molecule has 6 nitrogen and oxygen atoms in total. The van der Waals surface area contributed by atoms with Crippen molar-refractivity contribution in [2.75, 3.05) is 26.2 Å². The molecular weight excluding hydrogens is 538 g/mol. The van der Waals surface area contributed by atoms with Gasteiger partial charge in [-0.15, -0.1) is 0 Å². The first kappa shape index (κ1) is 30.2. The molecule has 2 aromatic rings. The quantitative estimate of drug-likeness (QED) is 0.427. The predicted molar refractivity (Wildman–Crippen MR) is 156 cm³/mol. The summed E-state index contributed by atoms with van der Waals surface area (Å²) in [5.74, 6) is -1.48. The molecule has 0 spiro atoms. The van der Waals surface area contributed by atoms with Crippen LogP contribution in [-0.4, -0.2) is 61.3 Å². The smallest absolute Gasteiger partial charge is 0.237 e. The molecule has 2 saturated heterocycles. The standard InChI is InChI=1S/C30H41Cl2FN4O2/c1-18-16-37(17-19(2)39-18)14-13-35-28(38)27-25(22-7-6-8-23(32)26(22)33)30(34,20-9-11-21(31)12-10-20)24(36-27)15-29(3,4)5/h6-12,18-19,24-25,27,36H,13-17,34H2,1-5H3,(H,35,38)/t18-,19+,24-,25-,27+,30+/m0/s1. The van der Waals surface area contributed by atoms with Crippen LogP contribution in [0.1, 0.15) is 58.1 Å². The van der Waals surface area contributed by atoms with E-state index in [0.29, 0.717) is 30.1 Å². The van der Waals surface area contributed by atoms with Gasteiger partial charge in [0.1, 0.15) is 5.82 Å². The molecule has 2 aliphatic rings. The molecule has 9 heteroatoms. The van der Waals surface area contributed by atoms with E-state index in [0.717, 1.165) is 18.7 Å². The van der Waals surface area contributed by atoms with Crippen molar-refractivity contribution in [3.05, 3.63) is 69.5 Å². The fourth-order valence-electron chi connectivity index (χ4n) is 6.24. The van der Waals surface area contributed by atoms with Crippen LogP contribution >= 0.6 is 23.2 Å². The number of ether oxygens (including phenoxy) is 1. The number of nitrogens with zero attached hydrogens (tertiary/aromatic N) is 1. The Hall–Kier alpha value is -1.74. The van der Waals surface area contributed by atoms with Gasteiger partial charge in [-0.2, -0.15) is 0 Å². The molecule has 2 fully saturated rings. The highest BCUT2D eigenvalue weighted by Gasteiger charge is 2.57. The summed E-state index contributed by atoms with van der Waals surface area (Å²) in [7, 11) is 0. The molecule has 0 saturated carbocycles. The Labute approximate surface area is 241 Å². The molecule has 2 aliphatic heterocycles. The highest BCUT2D eigenvalue weighted by Crippen LogP contribution is 2.49. The summed E-state index contributed by atoms with van der Waals surface area (Å²) in [4.78, 5) is 16.1. The van der Waals surface area contributed by atoms with Gasteiger partial charge in [0.15, 0.2) is 0 Å². The lowest BCUT2D eigenvalue weighted by Gasteiger charge is -2.39. The monoisotopic (exact) mass is 578 g/mol. The first-order valence-corrected chi connectivity index (χ1v) is 14.5. The molecule has 0 unspecified atom stereocenters. The summed E-state index contributed by atoms with van der Waals surface area (Å²) >= 11 is 12.5. The lowest BCUT2D eigenvalue weighted by Crippen LogP contribution is -2.52. The van der Waals surface area contributed by atoms with E-state index in [1.165, 1.54) is 6.07 Å². The zero-order chi connectivity index (χ0) is 28.5. The number of nitrogens with two attached hydrogens (primary N) is 1. The molecular formula is C30H41Cl2FN4O2. The summed E-state index contributed by atoms with van der Waals surface area (Å²) in [5, 5.41) is 7.21. The van der Waals surface area contributed by atoms with Crippen molar-refractivity contribution in [1.29, 1.82) is 0 Å². The average Bonchev–Trinajstić information content (AvgIpc) is 3.12. The van der Waals surface area contributed by atoms with Gasteiger partial charge in [0, 0.05) is 43.2 Å². The predicted octanol–water partition coefficient (Wildman–Crippen LogP) is 5.07. The number of hydrogen-bond acceptors (Lipinski definition) is 5. The van der Waals surface area contributed by atoms with Gasteiger partial charge in [-0.25, -0.2) is 4.39 Å². The second-order valence-corrected chi connectivity index (χ2v) is 13.2. The van der Waals surface area contributed by atoms with Gasteiger partial charge in [-0.1, -0.05) is 68.2 Å². The third kappa shape index (κ3) is 6.77. The van der Waals surface area contributed by atoms with Crippen LogP contribution in [0, 0.1) is 11.2 Å². The van der Waals surface area contributed by atoms with Crippen LogP contribution in [0.15, 0.2) is 42.5 Å². The van der Waals surface area contributed by atoms with Crippen molar-refractivity contribution in [3.63, 3.8) is 0 Å². The molecule has 4 N–H and O–H groups in total. The minimum absolute atomic E-state index is 0.0000530. The van der Waals surface area contributed by atoms with Crippen LogP contribution in [0.5, 0.6) is 0 Å². The Morgan fingerprint density at radius 2 is 1.79 bits per heavy atom. The summed E-state index contributed by atoms with van der Waals surface area (Å²) in [6.07, 6.45) is 0.955. The topological polar surface area (TPSA) is 79.6 Å². The van der Waals surface area contributed by atoms with Crippen LogP contribution < -0.4 is 16.4 Å². The average molecular weight is 580 g/mol. The van der Waals surface area contributed by atoms with E-state index in [1.54, 1.807) is 24.3 Å². The van der Waals surface area contributed by atoms with Gasteiger partial charge in [-0.05, 0) is 55.0 Å². The number of benzene rings is 2. The Balaban J connectivity index is 1.69. The lowest BCUT2D eigenvalue weighted by atomic mass is 9.68. The normalized spacial score (nSPS) is 29.9. The van der Waals surface area contributed by atoms with Gasteiger partial charge in [0.25, 0.3) is 0 Å². The molecule has 0 bridgehead atoms. The molecule has 1 amide bonds. The summed E-state index contributed by atoms with van der Waals surface area (Å²) in [6, 6.07) is 11.1. The van der Waals surface area contributed by atoms with E-state index in [2.05, 4.69) is 50.2 Å². The SMILES string of the molecule is C[C@@H]1CN(CCNC(=O)[C@@H]2N[C@@H](CC(C)(C)C)[C@](N)(c3ccc(Cl)cc3)[C@H]2c2cccc(Cl)c2F)C[C@H](C)O1. The van der Waals surface area contributed by atoms with E-state index in [1.807, 2.05) is 12.1 Å². The number of halogens is 3. The lowest BCUT2D eigenvalue weighted by molar-refractivity contribution is -0.123. The van der Waals surface area contributed by atoms with Gasteiger partial charge >= 0.3 is 0 Å². The number of carbonyl (C=O) groups excluding carboxylic acids is 1. The van der Waals surface area contributed by atoms with Gasteiger partial charge in [-0.3, -0.25) is 9.69 Å². The van der Waals surface area contributed by atoms with Gasteiger partial charge < -0.3 is 21.1 Å². The van der Waals surface area contributed by atoms with Gasteiger partial charge in [0.2, 0.25) is 5.91 Å². The molecule has 0 aliphatic carbocycles. The number of rotatable bonds is 7. The van der Waals surface area contributed by atoms with E-state index in [9.17, 15) is 4.79 Å². The molecule has 39 heavy (non-hydrogen) atoms. The zero-order valence-corrected chi connectivity index (χ0v) is 25.0. The van der Waals surface area contributed by atoms with E-state index >= 15 is 4.39 Å². The third-order valence-corrected chi connectivity index (χ3v) is 8.33. The highest BCUT2D eigenvalue weighted by molar-refractivity contribution is 6.31. The molecule has 2 aromatic carbocycles. The first-order chi connectivity index (χ1) is 18.3. The number of amides is 1. The van der Waals surface area contributed by atoms with Crippen LogP contribution in [0.4, 0.5) is 4.39 Å². The van der Waals surface area contributed by atoms with Crippen LogP contribution in [0.2, 0.25) is 10.0 Å². The number of morpholine rings is 1. The fraction of sp³-hybridized carbons (Fsp3) is 0.567. The number of nitrogens with one attached hydrogen (secondary N) is 2. The maximum atomic E-state index is 15.7. The number of hydrogen-bond donors (Lipinski definition) is 3. The maximum absolute atomic E-state index is 15.7. The highest BCUT2D eigenvalue weighted by atomic mass is 35.5. The van der Waals surface area contributed by atoms with E-state index in [-0.39, 0.29) is 34.6 Å². The fourth-order valence-corrected chi connectivity index (χ4v) is 6.55. The van der Waals surface area contributed by atoms with Crippen LogP contribution in [0.25, 0.3) is 0 Å². The van der Waals surface area contributed by atoms with Crippen molar-refractivity contribution in [1.82, 2.24) is 15.5 Å². The third-order valence-electron chi connectivity index (χ3n) is 7.79. The van der Waals surface area contributed by atoms with Crippen molar-refractivity contribution in [2.24, 2.45) is 11.1 Å². The molecule has 4 rings (SSSR count). The van der Waals surface area contributed by atoms with Crippen molar-refractivity contribution < 1.29 is 13.9 Å². The molecule has 214 valence electrons. The summed E-state index contributed by atoms with van der Waals surface area (Å²) < 4.78 is 21.5. The minimum Gasteiger partial charge on any atom is -0.373 e. The minimum atomic E-state index is -1.11. The Morgan fingerprint density at radius 1 is 1.15 bits per heavy atom. The zero-order valence-electron chi connectivity index (χ0n) is 23.4. The molecule has 0 aromatic heterocycles. The van der Waals surface area contributed by atoms with Crippen molar-refractivity contribution in [3.8, 4) is 0 Å². The Morgan fingerprint density at radius 3 is 2.41 bits per heavy atom. The molecule has 0 radical (unpaired) electrons. The first-order valence-electron chi connectivity index (χ1n) is 13.7. The second-order valence-electron chi connectivity index (χ2n) is 12.3. The Kier molecular flexibility index (Phi) is 9.31. The summed E-state index contributed by atoms with van der Waals surface area (Å²) in [5.41, 5.74) is 7.24. The number of carbonyl (C=O) groups is 1. The second kappa shape index (κ2) is 12.0. The van der Waals surface area contributed by atoms with Crippen molar-refractivity contribution in [2.45, 2.75) is 76.8 Å². The maximum Gasteiger partial charge on any atom is 0.237 e. The van der Waals surface area contributed by atoms with Crippen LogP contribution in [-0.2, 0) is 15.1 Å². The largest absolute Gasteiger partial charge is 0.373 e. The van der Waals surface area contributed by atoms with E-state index < -0.39 is 23.3 Å². The van der Waals surface area contributed by atoms with Gasteiger partial charge in [0.05, 0.1) is 28.8 Å². The van der Waals surface area contributed by atoms with Crippen molar-refractivity contribution >= 4 is 29.1 Å². The summed E-state index contributed by atoms with van der Waals surface area (Å²) in [6.45, 7) is 13.3.